The predicted molar refractivity (Wildman–Crippen MR) is 83.9 cm³/mol. The number of hydrogen-bond donors (Lipinski definition) is 1. The second kappa shape index (κ2) is 7.55. The molecule has 0 bridgehead atoms. The Bertz CT molecular complexity index is 584. The molecule has 2 N–H and O–H groups in total. The molecule has 110 valence electrons. The van der Waals surface area contributed by atoms with E-state index in [4.69, 9.17) is 5.73 Å². The van der Waals surface area contributed by atoms with Gasteiger partial charge in [0.15, 0.2) is 0 Å². The number of carbonyl (C=O) groups is 1. The van der Waals surface area contributed by atoms with Gasteiger partial charge in [-0.05, 0) is 43.7 Å². The highest BCUT2D eigenvalue weighted by Gasteiger charge is 2.17. The van der Waals surface area contributed by atoms with Crippen molar-refractivity contribution in [3.8, 4) is 0 Å². The van der Waals surface area contributed by atoms with Gasteiger partial charge in [-0.15, -0.1) is 0 Å². The number of nitrogens with two attached hydrogens (primary N) is 1. The maximum Gasteiger partial charge on any atom is 0.254 e. The Balaban J connectivity index is 2.20. The lowest BCUT2D eigenvalue weighted by Gasteiger charge is -2.22. The van der Waals surface area contributed by atoms with Crippen LogP contribution in [0.2, 0.25) is 0 Å². The predicted octanol–water partition coefficient (Wildman–Crippen LogP) is 2.25. The molecule has 0 unspecified atom stereocenters. The standard InChI is InChI=1S/C17H21N3O/c1-2-20(13-15-8-5-6-12-19-15)17(21)16-9-4-3-7-14(16)10-11-18/h3-9,12H,2,10-11,13,18H2,1H3. The van der Waals surface area contributed by atoms with E-state index in [1.165, 1.54) is 0 Å². The Morgan fingerprint density at radius 1 is 1.19 bits per heavy atom. The van der Waals surface area contributed by atoms with Crippen LogP contribution in [0, 0.1) is 0 Å². The van der Waals surface area contributed by atoms with Crippen molar-refractivity contribution < 1.29 is 4.79 Å². The van der Waals surface area contributed by atoms with Gasteiger partial charge in [0.1, 0.15) is 0 Å². The molecule has 0 saturated carbocycles. The summed E-state index contributed by atoms with van der Waals surface area (Å²) in [6, 6.07) is 13.4. The molecule has 21 heavy (non-hydrogen) atoms. The molecule has 0 spiro atoms. The van der Waals surface area contributed by atoms with Crippen molar-refractivity contribution in [1.82, 2.24) is 9.88 Å². The Hall–Kier alpha value is -2.20. The Kier molecular flexibility index (Phi) is 5.46. The number of benzene rings is 1. The summed E-state index contributed by atoms with van der Waals surface area (Å²) in [6.07, 6.45) is 2.46. The van der Waals surface area contributed by atoms with E-state index in [0.717, 1.165) is 16.8 Å². The molecule has 2 aromatic rings. The maximum atomic E-state index is 12.7. The summed E-state index contributed by atoms with van der Waals surface area (Å²) in [4.78, 5) is 18.8. The van der Waals surface area contributed by atoms with Crippen LogP contribution in [0.4, 0.5) is 0 Å². The van der Waals surface area contributed by atoms with Gasteiger partial charge in [-0.3, -0.25) is 9.78 Å². The largest absolute Gasteiger partial charge is 0.333 e. The summed E-state index contributed by atoms with van der Waals surface area (Å²) in [5.41, 5.74) is 8.26. The normalized spacial score (nSPS) is 10.4. The highest BCUT2D eigenvalue weighted by molar-refractivity contribution is 5.95. The number of pyridine rings is 1. The van der Waals surface area contributed by atoms with Crippen molar-refractivity contribution >= 4 is 5.91 Å². The third-order valence-electron chi connectivity index (χ3n) is 3.41. The molecule has 0 saturated heterocycles. The molecule has 0 fully saturated rings. The van der Waals surface area contributed by atoms with E-state index in [2.05, 4.69) is 4.98 Å². The van der Waals surface area contributed by atoms with Crippen LogP contribution >= 0.6 is 0 Å². The van der Waals surface area contributed by atoms with Crippen molar-refractivity contribution in [3.05, 3.63) is 65.5 Å². The van der Waals surface area contributed by atoms with Gasteiger partial charge >= 0.3 is 0 Å². The van der Waals surface area contributed by atoms with E-state index in [-0.39, 0.29) is 5.91 Å². The lowest BCUT2D eigenvalue weighted by Crippen LogP contribution is -2.31. The van der Waals surface area contributed by atoms with Crippen LogP contribution in [0.5, 0.6) is 0 Å². The number of hydrogen-bond acceptors (Lipinski definition) is 3. The monoisotopic (exact) mass is 283 g/mol. The Morgan fingerprint density at radius 3 is 2.62 bits per heavy atom. The zero-order valence-corrected chi connectivity index (χ0v) is 12.3. The van der Waals surface area contributed by atoms with Gasteiger partial charge in [-0.2, -0.15) is 0 Å². The van der Waals surface area contributed by atoms with Crippen LogP contribution in [0.1, 0.15) is 28.5 Å². The van der Waals surface area contributed by atoms with Crippen LogP contribution in [-0.2, 0) is 13.0 Å². The summed E-state index contributed by atoms with van der Waals surface area (Å²) in [7, 11) is 0. The van der Waals surface area contributed by atoms with Gasteiger partial charge in [-0.25, -0.2) is 0 Å². The maximum absolute atomic E-state index is 12.7. The molecule has 1 aromatic carbocycles. The Labute approximate surface area is 125 Å². The second-order valence-corrected chi connectivity index (χ2v) is 4.84. The topological polar surface area (TPSA) is 59.2 Å². The van der Waals surface area contributed by atoms with E-state index in [9.17, 15) is 4.79 Å². The van der Waals surface area contributed by atoms with Crippen molar-refractivity contribution in [2.75, 3.05) is 13.1 Å². The van der Waals surface area contributed by atoms with Crippen molar-refractivity contribution in [3.63, 3.8) is 0 Å². The fourth-order valence-electron chi connectivity index (χ4n) is 2.29. The molecular formula is C17H21N3O. The average molecular weight is 283 g/mol. The average Bonchev–Trinajstić information content (AvgIpc) is 2.54. The van der Waals surface area contributed by atoms with Gasteiger partial charge in [0, 0.05) is 18.3 Å². The SMILES string of the molecule is CCN(Cc1ccccn1)C(=O)c1ccccc1CCN. The van der Waals surface area contributed by atoms with Gasteiger partial charge < -0.3 is 10.6 Å². The summed E-state index contributed by atoms with van der Waals surface area (Å²) >= 11 is 0. The molecule has 4 heteroatoms. The van der Waals surface area contributed by atoms with E-state index in [1.54, 1.807) is 11.1 Å². The minimum absolute atomic E-state index is 0.0344. The lowest BCUT2D eigenvalue weighted by atomic mass is 10.0. The fraction of sp³-hybridized carbons (Fsp3) is 0.294. The third-order valence-corrected chi connectivity index (χ3v) is 3.41. The lowest BCUT2D eigenvalue weighted by molar-refractivity contribution is 0.0749. The number of aromatic nitrogens is 1. The van der Waals surface area contributed by atoms with Crippen LogP contribution in [0.25, 0.3) is 0 Å². The quantitative estimate of drug-likeness (QED) is 0.884. The molecule has 0 atom stereocenters. The number of amides is 1. The molecule has 1 aromatic heterocycles. The highest BCUT2D eigenvalue weighted by Crippen LogP contribution is 2.14. The summed E-state index contributed by atoms with van der Waals surface area (Å²) in [6.45, 7) is 3.68. The van der Waals surface area contributed by atoms with Crippen molar-refractivity contribution in [2.45, 2.75) is 19.9 Å². The highest BCUT2D eigenvalue weighted by atomic mass is 16.2. The molecule has 0 aliphatic heterocycles. The summed E-state index contributed by atoms with van der Waals surface area (Å²) in [5.74, 6) is 0.0344. The van der Waals surface area contributed by atoms with Gasteiger partial charge in [0.05, 0.1) is 12.2 Å². The Morgan fingerprint density at radius 2 is 1.95 bits per heavy atom. The zero-order valence-electron chi connectivity index (χ0n) is 12.3. The first-order valence-corrected chi connectivity index (χ1v) is 7.23. The molecule has 0 aliphatic carbocycles. The number of carbonyl (C=O) groups excluding carboxylic acids is 1. The molecule has 0 aliphatic rings. The van der Waals surface area contributed by atoms with E-state index >= 15 is 0 Å². The first kappa shape index (κ1) is 15.2. The fourth-order valence-corrected chi connectivity index (χ4v) is 2.29. The number of rotatable bonds is 6. The van der Waals surface area contributed by atoms with Gasteiger partial charge in [0.2, 0.25) is 0 Å². The van der Waals surface area contributed by atoms with Crippen molar-refractivity contribution in [2.24, 2.45) is 5.73 Å². The van der Waals surface area contributed by atoms with Gasteiger partial charge in [0.25, 0.3) is 5.91 Å². The summed E-state index contributed by atoms with van der Waals surface area (Å²) in [5, 5.41) is 0. The molecule has 4 nitrogen and oxygen atoms in total. The molecule has 2 rings (SSSR count). The van der Waals surface area contributed by atoms with Crippen LogP contribution in [-0.4, -0.2) is 28.9 Å². The van der Waals surface area contributed by atoms with E-state index < -0.39 is 0 Å². The molecule has 0 radical (unpaired) electrons. The van der Waals surface area contributed by atoms with Crippen LogP contribution in [0.3, 0.4) is 0 Å². The minimum Gasteiger partial charge on any atom is -0.333 e. The molecule has 1 heterocycles. The first-order valence-electron chi connectivity index (χ1n) is 7.23. The van der Waals surface area contributed by atoms with Crippen LogP contribution in [0.15, 0.2) is 48.7 Å². The van der Waals surface area contributed by atoms with Gasteiger partial charge in [-0.1, -0.05) is 24.3 Å². The molecule has 1 amide bonds. The third kappa shape index (κ3) is 3.89. The summed E-state index contributed by atoms with van der Waals surface area (Å²) < 4.78 is 0. The smallest absolute Gasteiger partial charge is 0.254 e. The van der Waals surface area contributed by atoms with E-state index in [0.29, 0.717) is 26.1 Å². The van der Waals surface area contributed by atoms with E-state index in [1.807, 2.05) is 49.4 Å². The molecular weight excluding hydrogens is 262 g/mol. The minimum atomic E-state index is 0.0344. The number of nitrogens with zero attached hydrogens (tertiary/aromatic N) is 2. The van der Waals surface area contributed by atoms with Crippen LogP contribution < -0.4 is 5.73 Å². The second-order valence-electron chi connectivity index (χ2n) is 4.84. The first-order chi connectivity index (χ1) is 10.3. The zero-order chi connectivity index (χ0) is 15.1. The van der Waals surface area contributed by atoms with Crippen molar-refractivity contribution in [1.29, 1.82) is 0 Å².